The zero-order valence-electron chi connectivity index (χ0n) is 14.6. The number of sulfonamides is 1. The zero-order valence-corrected chi connectivity index (χ0v) is 16.3. The van der Waals surface area contributed by atoms with E-state index >= 15 is 0 Å². The number of carbonyl (C=O) groups is 2. The van der Waals surface area contributed by atoms with E-state index < -0.39 is 15.9 Å². The average molecular weight is 412 g/mol. The fourth-order valence-electron chi connectivity index (χ4n) is 2.84. The summed E-state index contributed by atoms with van der Waals surface area (Å²) in [6.07, 6.45) is 4.09. The van der Waals surface area contributed by atoms with Gasteiger partial charge in [0, 0.05) is 26.2 Å². The van der Waals surface area contributed by atoms with E-state index in [-0.39, 0.29) is 34.5 Å². The van der Waals surface area contributed by atoms with Crippen LogP contribution in [0.1, 0.15) is 39.5 Å². The molecule has 0 unspecified atom stereocenters. The molecule has 0 atom stereocenters. The van der Waals surface area contributed by atoms with E-state index in [1.54, 1.807) is 11.4 Å². The number of thiophene rings is 1. The third kappa shape index (κ3) is 4.57. The second-order valence-electron chi connectivity index (χ2n) is 6.07. The van der Waals surface area contributed by atoms with E-state index in [1.807, 2.05) is 0 Å². The van der Waals surface area contributed by atoms with Crippen LogP contribution in [-0.4, -0.2) is 50.7 Å². The predicted molar refractivity (Wildman–Crippen MR) is 100 cm³/mol. The van der Waals surface area contributed by atoms with Crippen LogP contribution in [0.2, 0.25) is 0 Å². The van der Waals surface area contributed by atoms with Gasteiger partial charge < -0.3 is 15.1 Å². The Bertz CT molecular complexity index is 884. The number of piperidine rings is 1. The van der Waals surface area contributed by atoms with Gasteiger partial charge >= 0.3 is 0 Å². The summed E-state index contributed by atoms with van der Waals surface area (Å²) in [4.78, 5) is 24.4. The van der Waals surface area contributed by atoms with Gasteiger partial charge in [-0.2, -0.15) is 4.31 Å². The molecule has 0 aromatic carbocycles. The summed E-state index contributed by atoms with van der Waals surface area (Å²) in [5.74, 6) is -0.652. The number of nitrogens with one attached hydrogen (secondary N) is 2. The van der Waals surface area contributed by atoms with Gasteiger partial charge in [0.2, 0.25) is 10.0 Å². The van der Waals surface area contributed by atoms with Crippen molar-refractivity contribution in [2.75, 3.05) is 26.2 Å². The molecule has 146 valence electrons. The fourth-order valence-corrected chi connectivity index (χ4v) is 5.67. The van der Waals surface area contributed by atoms with Crippen molar-refractivity contribution in [3.05, 3.63) is 40.5 Å². The molecule has 8 nitrogen and oxygen atoms in total. The number of hydrogen-bond acceptors (Lipinski definition) is 6. The van der Waals surface area contributed by atoms with Crippen LogP contribution in [0.25, 0.3) is 0 Å². The van der Waals surface area contributed by atoms with E-state index in [2.05, 4.69) is 10.6 Å². The van der Waals surface area contributed by atoms with E-state index in [4.69, 9.17) is 4.42 Å². The van der Waals surface area contributed by atoms with Gasteiger partial charge in [0.1, 0.15) is 9.77 Å². The van der Waals surface area contributed by atoms with Crippen molar-refractivity contribution in [2.24, 2.45) is 0 Å². The van der Waals surface area contributed by atoms with Crippen molar-refractivity contribution in [1.82, 2.24) is 14.9 Å². The van der Waals surface area contributed by atoms with Crippen molar-refractivity contribution in [1.29, 1.82) is 0 Å². The van der Waals surface area contributed by atoms with Gasteiger partial charge in [-0.25, -0.2) is 8.42 Å². The monoisotopic (exact) mass is 411 g/mol. The molecule has 0 bridgehead atoms. The maximum absolute atomic E-state index is 12.8. The van der Waals surface area contributed by atoms with Gasteiger partial charge in [0.25, 0.3) is 11.8 Å². The van der Waals surface area contributed by atoms with Gasteiger partial charge in [-0.3, -0.25) is 9.59 Å². The molecule has 1 aliphatic rings. The first kappa shape index (κ1) is 19.6. The van der Waals surface area contributed by atoms with Crippen LogP contribution in [0, 0.1) is 0 Å². The average Bonchev–Trinajstić information content (AvgIpc) is 3.37. The predicted octanol–water partition coefficient (Wildman–Crippen LogP) is 1.68. The second-order valence-corrected chi connectivity index (χ2v) is 8.89. The van der Waals surface area contributed by atoms with Gasteiger partial charge in [0.15, 0.2) is 5.76 Å². The highest BCUT2D eigenvalue weighted by Crippen LogP contribution is 2.27. The highest BCUT2D eigenvalue weighted by atomic mass is 32.2. The van der Waals surface area contributed by atoms with Crippen molar-refractivity contribution >= 4 is 33.2 Å². The first-order chi connectivity index (χ1) is 13.0. The summed E-state index contributed by atoms with van der Waals surface area (Å²) in [5.41, 5.74) is 0. The lowest BCUT2D eigenvalue weighted by Crippen LogP contribution is -2.37. The van der Waals surface area contributed by atoms with Crippen LogP contribution in [0.5, 0.6) is 0 Å². The molecule has 1 fully saturated rings. The van der Waals surface area contributed by atoms with Crippen molar-refractivity contribution in [2.45, 2.75) is 24.2 Å². The number of nitrogens with zero attached hydrogens (tertiary/aromatic N) is 1. The lowest BCUT2D eigenvalue weighted by atomic mass is 10.2. The molecule has 0 saturated carbocycles. The Morgan fingerprint density at radius 3 is 2.44 bits per heavy atom. The number of amides is 2. The molecular formula is C17H21N3O5S2. The summed E-state index contributed by atoms with van der Waals surface area (Å²) < 4.78 is 32.0. The standard InChI is InChI=1S/C17H21N3O5S2/c21-16(13-5-4-11-25-13)18-7-8-19-17(22)15-14(6-12-26-15)27(23,24)20-9-2-1-3-10-20/h4-6,11-12H,1-3,7-10H2,(H,18,21)(H,19,22). The van der Waals surface area contributed by atoms with Crippen LogP contribution in [0.3, 0.4) is 0 Å². The Hall–Kier alpha value is -2.17. The Kier molecular flexibility index (Phi) is 6.30. The smallest absolute Gasteiger partial charge is 0.287 e. The molecule has 2 aromatic rings. The minimum atomic E-state index is -3.67. The third-order valence-corrected chi connectivity index (χ3v) is 7.19. The second kappa shape index (κ2) is 8.68. The number of carbonyl (C=O) groups excluding carboxylic acids is 2. The topological polar surface area (TPSA) is 109 Å². The van der Waals surface area contributed by atoms with Crippen LogP contribution in [0.15, 0.2) is 39.2 Å². The molecule has 1 saturated heterocycles. The van der Waals surface area contributed by atoms with Crippen LogP contribution < -0.4 is 10.6 Å². The van der Waals surface area contributed by atoms with Crippen LogP contribution >= 0.6 is 11.3 Å². The van der Waals surface area contributed by atoms with Gasteiger partial charge in [0.05, 0.1) is 6.26 Å². The summed E-state index contributed by atoms with van der Waals surface area (Å²) in [6.45, 7) is 1.34. The van der Waals surface area contributed by atoms with Gasteiger partial charge in [-0.05, 0) is 36.4 Å². The molecule has 10 heteroatoms. The lowest BCUT2D eigenvalue weighted by molar-refractivity contribution is 0.0911. The largest absolute Gasteiger partial charge is 0.459 e. The molecule has 2 N–H and O–H groups in total. The molecule has 2 amide bonds. The molecule has 3 rings (SSSR count). The first-order valence-electron chi connectivity index (χ1n) is 8.67. The highest BCUT2D eigenvalue weighted by molar-refractivity contribution is 7.89. The maximum atomic E-state index is 12.8. The van der Waals surface area contributed by atoms with Crippen molar-refractivity contribution in [3.63, 3.8) is 0 Å². The zero-order chi connectivity index (χ0) is 19.3. The number of rotatable bonds is 7. The summed E-state index contributed by atoms with van der Waals surface area (Å²) in [7, 11) is -3.67. The normalized spacial score (nSPS) is 15.4. The van der Waals surface area contributed by atoms with E-state index in [0.29, 0.717) is 13.1 Å². The Morgan fingerprint density at radius 2 is 1.78 bits per heavy atom. The highest BCUT2D eigenvalue weighted by Gasteiger charge is 2.30. The lowest BCUT2D eigenvalue weighted by Gasteiger charge is -2.25. The summed E-state index contributed by atoms with van der Waals surface area (Å²) in [5, 5.41) is 6.86. The SMILES string of the molecule is O=C(NCCNC(=O)c1sccc1S(=O)(=O)N1CCCCC1)c1ccco1. The van der Waals surface area contributed by atoms with Crippen molar-refractivity contribution < 1.29 is 22.4 Å². The molecule has 1 aliphatic heterocycles. The van der Waals surface area contributed by atoms with E-state index in [1.165, 1.54) is 22.7 Å². The fraction of sp³-hybridized carbons (Fsp3) is 0.412. The van der Waals surface area contributed by atoms with Crippen molar-refractivity contribution in [3.8, 4) is 0 Å². The third-order valence-electron chi connectivity index (χ3n) is 4.21. The molecule has 0 aliphatic carbocycles. The Balaban J connectivity index is 1.56. The van der Waals surface area contributed by atoms with Crippen LogP contribution in [0.4, 0.5) is 0 Å². The molecule has 0 radical (unpaired) electrons. The van der Waals surface area contributed by atoms with E-state index in [9.17, 15) is 18.0 Å². The summed E-state index contributed by atoms with van der Waals surface area (Å²) in [6, 6.07) is 4.62. The van der Waals surface area contributed by atoms with Crippen LogP contribution in [-0.2, 0) is 10.0 Å². The Morgan fingerprint density at radius 1 is 1.07 bits per heavy atom. The quantitative estimate of drug-likeness (QED) is 0.674. The minimum absolute atomic E-state index is 0.0477. The Labute approximate surface area is 161 Å². The van der Waals surface area contributed by atoms with Gasteiger partial charge in [-0.1, -0.05) is 6.42 Å². The number of hydrogen-bond donors (Lipinski definition) is 2. The molecule has 27 heavy (non-hydrogen) atoms. The molecule has 3 heterocycles. The van der Waals surface area contributed by atoms with Gasteiger partial charge in [-0.15, -0.1) is 11.3 Å². The summed E-state index contributed by atoms with van der Waals surface area (Å²) >= 11 is 1.09. The first-order valence-corrected chi connectivity index (χ1v) is 11.0. The van der Waals surface area contributed by atoms with E-state index in [0.717, 1.165) is 30.6 Å². The molecular weight excluding hydrogens is 390 g/mol. The molecule has 2 aromatic heterocycles. The minimum Gasteiger partial charge on any atom is -0.459 e. The molecule has 0 spiro atoms. The maximum Gasteiger partial charge on any atom is 0.287 e. The number of furan rings is 1.